The lowest BCUT2D eigenvalue weighted by Crippen LogP contribution is -2.39. The summed E-state index contributed by atoms with van der Waals surface area (Å²) < 4.78 is 15.5. The van der Waals surface area contributed by atoms with Gasteiger partial charge in [0.15, 0.2) is 0 Å². The topological polar surface area (TPSA) is 82.9 Å². The molecule has 0 atom stereocenters. The molecule has 0 aliphatic rings. The maximum atomic E-state index is 13.1. The Hall–Kier alpha value is -2.28. The number of nitrogens with zero attached hydrogens (tertiary/aromatic N) is 3. The Morgan fingerprint density at radius 1 is 1.30 bits per heavy atom. The van der Waals surface area contributed by atoms with Crippen molar-refractivity contribution < 1.29 is 4.39 Å². The zero-order valence-corrected chi connectivity index (χ0v) is 10.8. The Balaban J connectivity index is 2.33. The van der Waals surface area contributed by atoms with Crippen LogP contribution in [0.3, 0.4) is 0 Å². The maximum absolute atomic E-state index is 13.1. The fraction of sp³-hybridized carbons (Fsp3) is 0.308. The van der Waals surface area contributed by atoms with Crippen molar-refractivity contribution in [2.75, 3.05) is 6.54 Å². The summed E-state index contributed by atoms with van der Waals surface area (Å²) >= 11 is 0. The molecule has 0 aliphatic carbocycles. The molecule has 6 nitrogen and oxygen atoms in total. The number of pyridine rings is 1. The van der Waals surface area contributed by atoms with Crippen molar-refractivity contribution in [3.05, 3.63) is 62.9 Å². The van der Waals surface area contributed by atoms with E-state index < -0.39 is 11.5 Å². The van der Waals surface area contributed by atoms with Gasteiger partial charge in [-0.25, -0.2) is 9.18 Å². The van der Waals surface area contributed by atoms with Gasteiger partial charge >= 0.3 is 5.69 Å². The van der Waals surface area contributed by atoms with E-state index in [2.05, 4.69) is 4.98 Å². The van der Waals surface area contributed by atoms with Gasteiger partial charge < -0.3 is 5.73 Å². The summed E-state index contributed by atoms with van der Waals surface area (Å²) in [5.41, 5.74) is 5.13. The molecule has 2 heterocycles. The highest BCUT2D eigenvalue weighted by Crippen LogP contribution is 2.01. The Morgan fingerprint density at radius 2 is 2.10 bits per heavy atom. The van der Waals surface area contributed by atoms with Crippen LogP contribution in [0.15, 0.2) is 40.3 Å². The highest BCUT2D eigenvalue weighted by molar-refractivity contribution is 5.10. The van der Waals surface area contributed by atoms with E-state index in [-0.39, 0.29) is 18.6 Å². The molecule has 106 valence electrons. The Labute approximate surface area is 114 Å². The first-order valence-electron chi connectivity index (χ1n) is 6.21. The van der Waals surface area contributed by atoms with E-state index in [4.69, 9.17) is 5.73 Å². The van der Waals surface area contributed by atoms with Gasteiger partial charge in [-0.3, -0.25) is 18.9 Å². The number of halogens is 1. The van der Waals surface area contributed by atoms with Crippen LogP contribution in [0.5, 0.6) is 0 Å². The number of rotatable bonds is 5. The predicted octanol–water partition coefficient (Wildman–Crippen LogP) is -0.0588. The molecular weight excluding hydrogens is 263 g/mol. The van der Waals surface area contributed by atoms with Crippen LogP contribution in [0.1, 0.15) is 12.0 Å². The van der Waals surface area contributed by atoms with Crippen LogP contribution < -0.4 is 17.0 Å². The van der Waals surface area contributed by atoms with E-state index in [0.717, 1.165) is 10.8 Å². The molecule has 0 aliphatic heterocycles. The highest BCUT2D eigenvalue weighted by atomic mass is 19.1. The predicted molar refractivity (Wildman–Crippen MR) is 71.9 cm³/mol. The smallest absolute Gasteiger partial charge is 0.330 e. The molecule has 2 aromatic rings. The zero-order valence-electron chi connectivity index (χ0n) is 10.8. The zero-order chi connectivity index (χ0) is 14.5. The third kappa shape index (κ3) is 3.18. The number of hydrogen-bond donors (Lipinski definition) is 1. The van der Waals surface area contributed by atoms with Crippen molar-refractivity contribution in [1.82, 2.24) is 14.1 Å². The van der Waals surface area contributed by atoms with Crippen molar-refractivity contribution in [2.24, 2.45) is 5.73 Å². The lowest BCUT2D eigenvalue weighted by atomic mass is 10.3. The average Bonchev–Trinajstić information content (AvgIpc) is 2.42. The van der Waals surface area contributed by atoms with Crippen LogP contribution in [0.25, 0.3) is 0 Å². The second-order valence-electron chi connectivity index (χ2n) is 4.37. The third-order valence-electron chi connectivity index (χ3n) is 2.84. The molecule has 20 heavy (non-hydrogen) atoms. The summed E-state index contributed by atoms with van der Waals surface area (Å²) in [4.78, 5) is 27.5. The number of hydrogen-bond acceptors (Lipinski definition) is 4. The van der Waals surface area contributed by atoms with Crippen LogP contribution in [0.2, 0.25) is 0 Å². The van der Waals surface area contributed by atoms with Gasteiger partial charge in [0.25, 0.3) is 5.56 Å². The van der Waals surface area contributed by atoms with E-state index in [0.29, 0.717) is 18.5 Å². The van der Waals surface area contributed by atoms with Gasteiger partial charge in [0, 0.05) is 25.0 Å². The molecule has 0 saturated carbocycles. The Kier molecular flexibility index (Phi) is 4.41. The van der Waals surface area contributed by atoms with E-state index in [1.807, 2.05) is 0 Å². The van der Waals surface area contributed by atoms with Crippen LogP contribution in [-0.4, -0.2) is 20.7 Å². The van der Waals surface area contributed by atoms with E-state index in [9.17, 15) is 14.0 Å². The van der Waals surface area contributed by atoms with Crippen molar-refractivity contribution in [3.8, 4) is 0 Å². The van der Waals surface area contributed by atoms with E-state index >= 15 is 0 Å². The number of aromatic nitrogens is 3. The molecule has 7 heteroatoms. The van der Waals surface area contributed by atoms with Gasteiger partial charge in [-0.2, -0.15) is 0 Å². The molecule has 0 spiro atoms. The summed E-state index contributed by atoms with van der Waals surface area (Å²) in [7, 11) is 0. The van der Waals surface area contributed by atoms with E-state index in [1.165, 1.54) is 29.1 Å². The quantitative estimate of drug-likeness (QED) is 0.830. The van der Waals surface area contributed by atoms with Crippen LogP contribution in [-0.2, 0) is 13.1 Å². The standard InChI is InChI=1S/C13H15FN4O2/c14-11-6-10(7-16-8-11)9-17-5-2-12(19)18(13(17)20)4-1-3-15/h2,5-8H,1,3-4,9,15H2. The highest BCUT2D eigenvalue weighted by Gasteiger charge is 2.06. The summed E-state index contributed by atoms with van der Waals surface area (Å²) in [6, 6.07) is 2.61. The molecule has 0 radical (unpaired) electrons. The van der Waals surface area contributed by atoms with Crippen molar-refractivity contribution in [2.45, 2.75) is 19.5 Å². The maximum Gasteiger partial charge on any atom is 0.331 e. The fourth-order valence-electron chi connectivity index (χ4n) is 1.87. The van der Waals surface area contributed by atoms with Crippen LogP contribution in [0.4, 0.5) is 4.39 Å². The van der Waals surface area contributed by atoms with Gasteiger partial charge in [-0.15, -0.1) is 0 Å². The fourth-order valence-corrected chi connectivity index (χ4v) is 1.87. The SMILES string of the molecule is NCCCn1c(=O)ccn(Cc2cncc(F)c2)c1=O. The molecular formula is C13H15FN4O2. The van der Waals surface area contributed by atoms with Crippen LogP contribution >= 0.6 is 0 Å². The van der Waals surface area contributed by atoms with Gasteiger partial charge in [0.2, 0.25) is 0 Å². The molecule has 2 aromatic heterocycles. The summed E-state index contributed by atoms with van der Waals surface area (Å²) in [5, 5.41) is 0. The van der Waals surface area contributed by atoms with Gasteiger partial charge in [0.05, 0.1) is 12.7 Å². The number of nitrogens with two attached hydrogens (primary N) is 1. The minimum atomic E-state index is -0.466. The second kappa shape index (κ2) is 6.25. The summed E-state index contributed by atoms with van der Waals surface area (Å²) in [5.74, 6) is -0.466. The molecule has 0 aromatic carbocycles. The van der Waals surface area contributed by atoms with Crippen LogP contribution in [0, 0.1) is 5.82 Å². The first-order valence-corrected chi connectivity index (χ1v) is 6.21. The second-order valence-corrected chi connectivity index (χ2v) is 4.37. The van der Waals surface area contributed by atoms with Crippen molar-refractivity contribution in [3.63, 3.8) is 0 Å². The first kappa shape index (κ1) is 14.1. The summed E-state index contributed by atoms with van der Waals surface area (Å²) in [6.45, 7) is 0.831. The molecule has 0 amide bonds. The molecule has 0 saturated heterocycles. The molecule has 2 N–H and O–H groups in total. The monoisotopic (exact) mass is 278 g/mol. The lowest BCUT2D eigenvalue weighted by Gasteiger charge is -2.09. The Morgan fingerprint density at radius 3 is 2.80 bits per heavy atom. The molecule has 2 rings (SSSR count). The van der Waals surface area contributed by atoms with E-state index in [1.54, 1.807) is 0 Å². The van der Waals surface area contributed by atoms with Gasteiger partial charge in [-0.1, -0.05) is 0 Å². The molecule has 0 unspecified atom stereocenters. The third-order valence-corrected chi connectivity index (χ3v) is 2.84. The average molecular weight is 278 g/mol. The van der Waals surface area contributed by atoms with Gasteiger partial charge in [-0.05, 0) is 24.6 Å². The minimum Gasteiger partial charge on any atom is -0.330 e. The molecule has 0 fully saturated rings. The first-order chi connectivity index (χ1) is 9.61. The summed E-state index contributed by atoms with van der Waals surface area (Å²) in [6.07, 6.45) is 4.51. The largest absolute Gasteiger partial charge is 0.331 e. The van der Waals surface area contributed by atoms with Gasteiger partial charge in [0.1, 0.15) is 5.82 Å². The Bertz CT molecular complexity index is 708. The molecule has 0 bridgehead atoms. The minimum absolute atomic E-state index is 0.159. The van der Waals surface area contributed by atoms with Crippen molar-refractivity contribution >= 4 is 0 Å². The normalized spacial score (nSPS) is 10.7. The lowest BCUT2D eigenvalue weighted by molar-refractivity contribution is 0.552. The van der Waals surface area contributed by atoms with Crippen molar-refractivity contribution in [1.29, 1.82) is 0 Å².